The van der Waals surface area contributed by atoms with E-state index in [0.717, 1.165) is 41.9 Å². The Labute approximate surface area is 165 Å². The fourth-order valence-electron chi connectivity index (χ4n) is 3.72. The molecule has 0 bridgehead atoms. The first-order chi connectivity index (χ1) is 13.0. The smallest absolute Gasteiger partial charge is 0.233 e. The Morgan fingerprint density at radius 3 is 2.44 bits per heavy atom. The van der Waals surface area contributed by atoms with Gasteiger partial charge in [0.15, 0.2) is 11.0 Å². The molecule has 0 saturated carbocycles. The van der Waals surface area contributed by atoms with Crippen LogP contribution < -0.4 is 4.74 Å². The number of hydrogen-bond acceptors (Lipinski definition) is 5. The van der Waals surface area contributed by atoms with Gasteiger partial charge in [-0.25, -0.2) is 0 Å². The van der Waals surface area contributed by atoms with E-state index in [1.165, 1.54) is 18.2 Å². The first-order valence-corrected chi connectivity index (χ1v) is 10.5. The monoisotopic (exact) mass is 388 g/mol. The molecule has 3 rings (SSSR count). The van der Waals surface area contributed by atoms with Gasteiger partial charge in [-0.2, -0.15) is 0 Å². The lowest BCUT2D eigenvalue weighted by Crippen LogP contribution is -2.43. The molecule has 0 radical (unpaired) electrons. The van der Waals surface area contributed by atoms with E-state index in [4.69, 9.17) is 4.74 Å². The highest BCUT2D eigenvalue weighted by atomic mass is 32.2. The van der Waals surface area contributed by atoms with Gasteiger partial charge in [-0.05, 0) is 49.4 Å². The van der Waals surface area contributed by atoms with E-state index in [1.54, 1.807) is 7.11 Å². The number of thioether (sulfide) groups is 1. The van der Waals surface area contributed by atoms with Crippen molar-refractivity contribution in [3.05, 3.63) is 24.3 Å². The molecule has 0 N–H and O–H groups in total. The van der Waals surface area contributed by atoms with Gasteiger partial charge in [-0.1, -0.05) is 25.6 Å². The standard InChI is InChI=1S/C20H28N4O2S/c1-5-24-19(16-6-8-17(26-4)9-7-16)21-22-20(24)27-13-18(25)23-11-14(2)10-15(3)12-23/h6-9,14-15H,5,10-13H2,1-4H3. The summed E-state index contributed by atoms with van der Waals surface area (Å²) in [5.74, 6) is 3.37. The summed E-state index contributed by atoms with van der Waals surface area (Å²) in [6.45, 7) is 8.98. The lowest BCUT2D eigenvalue weighted by Gasteiger charge is -2.34. The maximum Gasteiger partial charge on any atom is 0.233 e. The summed E-state index contributed by atoms with van der Waals surface area (Å²) in [5, 5.41) is 9.47. The fraction of sp³-hybridized carbons (Fsp3) is 0.550. The van der Waals surface area contributed by atoms with Gasteiger partial charge in [0.2, 0.25) is 5.91 Å². The highest BCUT2D eigenvalue weighted by Gasteiger charge is 2.25. The molecule has 1 aliphatic heterocycles. The molecule has 0 aliphatic carbocycles. The topological polar surface area (TPSA) is 60.2 Å². The first kappa shape index (κ1) is 19.7. The molecule has 1 amide bonds. The summed E-state index contributed by atoms with van der Waals surface area (Å²) in [5.41, 5.74) is 0.988. The summed E-state index contributed by atoms with van der Waals surface area (Å²) in [7, 11) is 1.65. The molecule has 1 aromatic carbocycles. The van der Waals surface area contributed by atoms with Crippen LogP contribution >= 0.6 is 11.8 Å². The van der Waals surface area contributed by atoms with Gasteiger partial charge >= 0.3 is 0 Å². The number of ether oxygens (including phenoxy) is 1. The molecule has 146 valence electrons. The zero-order valence-electron chi connectivity index (χ0n) is 16.5. The number of likely N-dealkylation sites (tertiary alicyclic amines) is 1. The average Bonchev–Trinajstić information content (AvgIpc) is 3.08. The molecule has 1 fully saturated rings. The molecule has 0 spiro atoms. The molecule has 7 heteroatoms. The van der Waals surface area contributed by atoms with Gasteiger partial charge in [0, 0.05) is 25.2 Å². The average molecular weight is 389 g/mol. The summed E-state index contributed by atoms with van der Waals surface area (Å²) in [4.78, 5) is 14.6. The minimum atomic E-state index is 0.190. The van der Waals surface area contributed by atoms with Crippen LogP contribution in [0, 0.1) is 11.8 Å². The molecular formula is C20H28N4O2S. The van der Waals surface area contributed by atoms with E-state index in [2.05, 4.69) is 35.5 Å². The van der Waals surface area contributed by atoms with Crippen LogP contribution in [0.1, 0.15) is 27.2 Å². The Balaban J connectivity index is 1.68. The van der Waals surface area contributed by atoms with E-state index in [0.29, 0.717) is 17.6 Å². The summed E-state index contributed by atoms with van der Waals surface area (Å²) in [6.07, 6.45) is 1.20. The highest BCUT2D eigenvalue weighted by molar-refractivity contribution is 7.99. The Bertz CT molecular complexity index is 765. The molecular weight excluding hydrogens is 360 g/mol. The second-order valence-corrected chi connectivity index (χ2v) is 8.25. The number of hydrogen-bond donors (Lipinski definition) is 0. The van der Waals surface area contributed by atoms with Crippen molar-refractivity contribution in [3.8, 4) is 17.1 Å². The van der Waals surface area contributed by atoms with Crippen molar-refractivity contribution < 1.29 is 9.53 Å². The zero-order valence-corrected chi connectivity index (χ0v) is 17.3. The second kappa shape index (κ2) is 8.78. The quantitative estimate of drug-likeness (QED) is 0.708. The van der Waals surface area contributed by atoms with Gasteiger partial charge in [0.1, 0.15) is 5.75 Å². The van der Waals surface area contributed by atoms with Gasteiger partial charge in [-0.3, -0.25) is 4.79 Å². The van der Waals surface area contributed by atoms with Gasteiger partial charge < -0.3 is 14.2 Å². The Morgan fingerprint density at radius 1 is 1.19 bits per heavy atom. The molecule has 2 unspecified atom stereocenters. The van der Waals surface area contributed by atoms with Gasteiger partial charge in [0.05, 0.1) is 12.9 Å². The third-order valence-electron chi connectivity index (χ3n) is 4.93. The summed E-state index contributed by atoms with van der Waals surface area (Å²) >= 11 is 1.47. The molecule has 1 aromatic heterocycles. The van der Waals surface area contributed by atoms with Crippen molar-refractivity contribution in [2.24, 2.45) is 11.8 Å². The fourth-order valence-corrected chi connectivity index (χ4v) is 4.62. The van der Waals surface area contributed by atoms with Gasteiger partial charge in [0.25, 0.3) is 0 Å². The van der Waals surface area contributed by atoms with Crippen molar-refractivity contribution in [1.29, 1.82) is 0 Å². The lowest BCUT2D eigenvalue weighted by molar-refractivity contribution is -0.130. The molecule has 27 heavy (non-hydrogen) atoms. The molecule has 2 heterocycles. The minimum Gasteiger partial charge on any atom is -0.497 e. The number of aromatic nitrogens is 3. The van der Waals surface area contributed by atoms with Crippen molar-refractivity contribution in [2.45, 2.75) is 38.9 Å². The van der Waals surface area contributed by atoms with Crippen molar-refractivity contribution >= 4 is 17.7 Å². The van der Waals surface area contributed by atoms with Crippen LogP contribution in [0.25, 0.3) is 11.4 Å². The SMILES string of the molecule is CCn1c(SCC(=O)N2CC(C)CC(C)C2)nnc1-c1ccc(OC)cc1. The van der Waals surface area contributed by atoms with Crippen LogP contribution in [0.4, 0.5) is 0 Å². The minimum absolute atomic E-state index is 0.190. The Hall–Kier alpha value is -2.02. The van der Waals surface area contributed by atoms with Crippen LogP contribution in [0.5, 0.6) is 5.75 Å². The predicted octanol–water partition coefficient (Wildman–Crippen LogP) is 3.57. The maximum absolute atomic E-state index is 12.6. The molecule has 2 aromatic rings. The van der Waals surface area contributed by atoms with Crippen molar-refractivity contribution in [1.82, 2.24) is 19.7 Å². The highest BCUT2D eigenvalue weighted by Crippen LogP contribution is 2.27. The van der Waals surface area contributed by atoms with Crippen LogP contribution in [0.2, 0.25) is 0 Å². The van der Waals surface area contributed by atoms with Crippen LogP contribution in [-0.4, -0.2) is 51.5 Å². The number of amides is 1. The molecule has 2 atom stereocenters. The number of piperidine rings is 1. The number of nitrogens with zero attached hydrogens (tertiary/aromatic N) is 4. The van der Waals surface area contributed by atoms with Crippen LogP contribution in [-0.2, 0) is 11.3 Å². The third kappa shape index (κ3) is 4.64. The van der Waals surface area contributed by atoms with Crippen molar-refractivity contribution in [3.63, 3.8) is 0 Å². The largest absolute Gasteiger partial charge is 0.497 e. The van der Waals surface area contributed by atoms with Crippen LogP contribution in [0.3, 0.4) is 0 Å². The maximum atomic E-state index is 12.6. The molecule has 6 nitrogen and oxygen atoms in total. The number of carbonyl (C=O) groups is 1. The summed E-state index contributed by atoms with van der Waals surface area (Å²) < 4.78 is 7.27. The number of carbonyl (C=O) groups excluding carboxylic acids is 1. The Morgan fingerprint density at radius 2 is 1.85 bits per heavy atom. The number of rotatable bonds is 6. The first-order valence-electron chi connectivity index (χ1n) is 9.50. The van der Waals surface area contributed by atoms with Crippen LogP contribution in [0.15, 0.2) is 29.4 Å². The van der Waals surface area contributed by atoms with E-state index >= 15 is 0 Å². The number of methoxy groups -OCH3 is 1. The number of benzene rings is 1. The summed E-state index contributed by atoms with van der Waals surface area (Å²) in [6, 6.07) is 7.79. The van der Waals surface area contributed by atoms with E-state index < -0.39 is 0 Å². The van der Waals surface area contributed by atoms with Gasteiger partial charge in [-0.15, -0.1) is 10.2 Å². The van der Waals surface area contributed by atoms with E-state index in [1.807, 2.05) is 29.2 Å². The predicted molar refractivity (Wildman–Crippen MR) is 108 cm³/mol. The normalized spacial score (nSPS) is 19.9. The van der Waals surface area contributed by atoms with E-state index in [9.17, 15) is 4.79 Å². The Kier molecular flexibility index (Phi) is 6.42. The zero-order chi connectivity index (χ0) is 19.4. The molecule has 1 saturated heterocycles. The lowest BCUT2D eigenvalue weighted by atomic mass is 9.92. The third-order valence-corrected chi connectivity index (χ3v) is 5.88. The molecule has 1 aliphatic rings. The second-order valence-electron chi connectivity index (χ2n) is 7.31. The van der Waals surface area contributed by atoms with E-state index in [-0.39, 0.29) is 5.91 Å². The van der Waals surface area contributed by atoms with Crippen molar-refractivity contribution in [2.75, 3.05) is 26.0 Å².